The third-order valence-corrected chi connectivity index (χ3v) is 5.61. The molecule has 5 aromatic rings. The van der Waals surface area contributed by atoms with Crippen LogP contribution >= 0.6 is 0 Å². The maximum Gasteiger partial charge on any atom is 0.352 e. The van der Waals surface area contributed by atoms with Crippen LogP contribution in [0, 0.1) is 11.8 Å². The molecule has 5 heteroatoms. The summed E-state index contributed by atoms with van der Waals surface area (Å²) in [7, 11) is 0. The minimum absolute atomic E-state index is 0.327. The second kappa shape index (κ2) is 8.16. The average molecular weight is 419 g/mol. The molecule has 5 rings (SSSR count). The summed E-state index contributed by atoms with van der Waals surface area (Å²) in [4.78, 5) is 23.7. The molecule has 0 N–H and O–H groups in total. The molecule has 5 nitrogen and oxygen atoms in total. The average Bonchev–Trinajstić information content (AvgIpc) is 2.83. The van der Waals surface area contributed by atoms with Gasteiger partial charge < -0.3 is 9.32 Å². The van der Waals surface area contributed by atoms with Crippen molar-refractivity contribution in [1.29, 1.82) is 0 Å². The molecule has 156 valence electrons. The third-order valence-electron chi connectivity index (χ3n) is 5.61. The van der Waals surface area contributed by atoms with E-state index in [9.17, 15) is 4.79 Å². The Morgan fingerprint density at radius 2 is 1.66 bits per heavy atom. The van der Waals surface area contributed by atoms with E-state index >= 15 is 0 Å². The van der Waals surface area contributed by atoms with E-state index in [1.807, 2.05) is 48.5 Å². The summed E-state index contributed by atoms with van der Waals surface area (Å²) in [5, 5.41) is 2.85. The molecule has 0 spiro atoms. The van der Waals surface area contributed by atoms with E-state index < -0.39 is 5.63 Å². The third kappa shape index (κ3) is 3.57. The normalized spacial score (nSPS) is 10.9. The highest BCUT2D eigenvalue weighted by Crippen LogP contribution is 2.23. The monoisotopic (exact) mass is 419 g/mol. The van der Waals surface area contributed by atoms with E-state index in [0.29, 0.717) is 11.1 Å². The van der Waals surface area contributed by atoms with Gasteiger partial charge in [-0.25, -0.2) is 4.79 Å². The first kappa shape index (κ1) is 19.8. The first-order chi connectivity index (χ1) is 15.7. The fraction of sp³-hybridized carbons (Fsp3) is 0.148. The molecule has 0 saturated carbocycles. The van der Waals surface area contributed by atoms with Gasteiger partial charge in [-0.2, -0.15) is 0 Å². The summed E-state index contributed by atoms with van der Waals surface area (Å²) >= 11 is 0. The van der Waals surface area contributed by atoms with Crippen LogP contribution in [-0.2, 0) is 0 Å². The van der Waals surface area contributed by atoms with Gasteiger partial charge in [-0.1, -0.05) is 30.0 Å². The van der Waals surface area contributed by atoms with Crippen molar-refractivity contribution in [2.24, 2.45) is 0 Å². The van der Waals surface area contributed by atoms with Gasteiger partial charge >= 0.3 is 5.63 Å². The minimum Gasteiger partial charge on any atom is -0.422 e. The van der Waals surface area contributed by atoms with E-state index in [2.05, 4.69) is 40.6 Å². The van der Waals surface area contributed by atoms with Crippen molar-refractivity contribution in [3.63, 3.8) is 0 Å². The quantitative estimate of drug-likeness (QED) is 0.230. The largest absolute Gasteiger partial charge is 0.422 e. The number of hydrogen-bond donors (Lipinski definition) is 0. The second-order valence-electron chi connectivity index (χ2n) is 7.53. The number of pyridine rings is 2. The van der Waals surface area contributed by atoms with E-state index in [1.165, 1.54) is 0 Å². The lowest BCUT2D eigenvalue weighted by molar-refractivity contribution is 0.558. The smallest absolute Gasteiger partial charge is 0.352 e. The van der Waals surface area contributed by atoms with Gasteiger partial charge in [-0.3, -0.25) is 9.97 Å². The van der Waals surface area contributed by atoms with E-state index in [1.54, 1.807) is 18.5 Å². The van der Waals surface area contributed by atoms with Crippen molar-refractivity contribution in [3.05, 3.63) is 88.5 Å². The Morgan fingerprint density at radius 1 is 0.875 bits per heavy atom. The van der Waals surface area contributed by atoms with E-state index in [-0.39, 0.29) is 0 Å². The Bertz CT molecular complexity index is 1590. The lowest BCUT2D eigenvalue weighted by atomic mass is 10.1. The summed E-state index contributed by atoms with van der Waals surface area (Å²) in [6.45, 7) is 5.98. The van der Waals surface area contributed by atoms with Crippen LogP contribution in [0.3, 0.4) is 0 Å². The molecule has 0 bridgehead atoms. The maximum absolute atomic E-state index is 12.5. The van der Waals surface area contributed by atoms with E-state index in [0.717, 1.165) is 51.5 Å². The number of rotatable bonds is 3. The van der Waals surface area contributed by atoms with Gasteiger partial charge in [0.15, 0.2) is 0 Å². The van der Waals surface area contributed by atoms with E-state index in [4.69, 9.17) is 4.42 Å². The van der Waals surface area contributed by atoms with Crippen LogP contribution in [0.5, 0.6) is 0 Å². The molecular formula is C27H21N3O2. The Morgan fingerprint density at radius 3 is 2.50 bits per heavy atom. The predicted molar refractivity (Wildman–Crippen MR) is 129 cm³/mol. The molecule has 0 saturated heterocycles. The standard InChI is InChI=1S/C27H21N3O2/c1-3-30(4-2)23-12-11-20-15-22(27(31)32-24(20)16-23)8-7-18-14-21-10-9-19-6-5-13-28-25(19)26(21)29-17-18/h5-6,9-17H,3-4H2,1-2H3. The molecule has 0 amide bonds. The van der Waals surface area contributed by atoms with Crippen molar-refractivity contribution < 1.29 is 4.42 Å². The highest BCUT2D eigenvalue weighted by Gasteiger charge is 2.08. The Kier molecular flexibility index (Phi) is 5.04. The first-order valence-corrected chi connectivity index (χ1v) is 10.6. The number of anilines is 1. The fourth-order valence-corrected chi connectivity index (χ4v) is 3.92. The van der Waals surface area contributed by atoms with Gasteiger partial charge in [0.05, 0.1) is 11.0 Å². The molecule has 0 unspecified atom stereocenters. The number of benzene rings is 2. The van der Waals surface area contributed by atoms with Gasteiger partial charge in [0.2, 0.25) is 0 Å². The molecule has 0 fully saturated rings. The molecule has 3 aromatic heterocycles. The maximum atomic E-state index is 12.5. The molecular weight excluding hydrogens is 398 g/mol. The van der Waals surface area contributed by atoms with Crippen LogP contribution < -0.4 is 10.5 Å². The van der Waals surface area contributed by atoms with Gasteiger partial charge in [0.25, 0.3) is 0 Å². The summed E-state index contributed by atoms with van der Waals surface area (Å²) in [6, 6.07) is 17.6. The summed E-state index contributed by atoms with van der Waals surface area (Å²) in [5.74, 6) is 6.01. The minimum atomic E-state index is -0.439. The predicted octanol–water partition coefficient (Wildman–Crippen LogP) is 5.14. The number of fused-ring (bicyclic) bond motifs is 4. The highest BCUT2D eigenvalue weighted by molar-refractivity contribution is 6.02. The zero-order valence-electron chi connectivity index (χ0n) is 17.9. The van der Waals surface area contributed by atoms with Crippen LogP contribution in [-0.4, -0.2) is 23.1 Å². The Hall–Kier alpha value is -4.17. The lowest BCUT2D eigenvalue weighted by Gasteiger charge is -2.20. The number of aromatic nitrogens is 2. The molecule has 0 atom stereocenters. The Balaban J connectivity index is 1.52. The molecule has 0 aliphatic carbocycles. The van der Waals surface area contributed by atoms with Gasteiger partial charge in [0, 0.05) is 59.0 Å². The lowest BCUT2D eigenvalue weighted by Crippen LogP contribution is -2.21. The number of nitrogens with zero attached hydrogens (tertiary/aromatic N) is 3. The van der Waals surface area contributed by atoms with Crippen molar-refractivity contribution in [2.45, 2.75) is 13.8 Å². The highest BCUT2D eigenvalue weighted by atomic mass is 16.4. The van der Waals surface area contributed by atoms with Crippen LogP contribution in [0.15, 0.2) is 76.2 Å². The molecule has 32 heavy (non-hydrogen) atoms. The van der Waals surface area contributed by atoms with Crippen molar-refractivity contribution in [3.8, 4) is 11.8 Å². The zero-order chi connectivity index (χ0) is 22.1. The van der Waals surface area contributed by atoms with Crippen LogP contribution in [0.1, 0.15) is 25.0 Å². The molecule has 0 aliphatic rings. The number of hydrogen-bond acceptors (Lipinski definition) is 5. The van der Waals surface area contributed by atoms with Crippen molar-refractivity contribution in [1.82, 2.24) is 9.97 Å². The molecule has 2 aromatic carbocycles. The summed E-state index contributed by atoms with van der Waals surface area (Å²) in [5.41, 5.74) is 3.92. The van der Waals surface area contributed by atoms with Gasteiger partial charge in [-0.15, -0.1) is 0 Å². The van der Waals surface area contributed by atoms with Crippen molar-refractivity contribution in [2.75, 3.05) is 18.0 Å². The molecule has 0 radical (unpaired) electrons. The van der Waals surface area contributed by atoms with Crippen LogP contribution in [0.2, 0.25) is 0 Å². The second-order valence-corrected chi connectivity index (χ2v) is 7.53. The molecule has 0 aliphatic heterocycles. The van der Waals surface area contributed by atoms with Crippen molar-refractivity contribution >= 4 is 38.5 Å². The van der Waals surface area contributed by atoms with Gasteiger partial charge in [0.1, 0.15) is 11.1 Å². The summed E-state index contributed by atoms with van der Waals surface area (Å²) < 4.78 is 5.57. The SMILES string of the molecule is CCN(CC)c1ccc2cc(C#Cc3cnc4c(ccc5cccnc54)c3)c(=O)oc2c1. The van der Waals surface area contributed by atoms with Gasteiger partial charge in [-0.05, 0) is 44.2 Å². The van der Waals surface area contributed by atoms with Crippen LogP contribution in [0.4, 0.5) is 5.69 Å². The first-order valence-electron chi connectivity index (χ1n) is 10.6. The zero-order valence-corrected chi connectivity index (χ0v) is 17.9. The summed E-state index contributed by atoms with van der Waals surface area (Å²) in [6.07, 6.45) is 3.48. The topological polar surface area (TPSA) is 59.2 Å². The van der Waals surface area contributed by atoms with Crippen LogP contribution in [0.25, 0.3) is 32.8 Å². The Labute approximate surface area is 185 Å². The fourth-order valence-electron chi connectivity index (χ4n) is 3.92. The molecule has 3 heterocycles.